The number of benzene rings is 3. The number of amides is 2. The summed E-state index contributed by atoms with van der Waals surface area (Å²) in [5.41, 5.74) is 3.42. The van der Waals surface area contributed by atoms with Crippen LogP contribution in [0.3, 0.4) is 0 Å². The van der Waals surface area contributed by atoms with Gasteiger partial charge in [0.05, 0.1) is 15.7 Å². The zero-order valence-corrected chi connectivity index (χ0v) is 27.8. The normalized spacial score (nSPS) is 13.0. The summed E-state index contributed by atoms with van der Waals surface area (Å²) in [6.07, 6.45) is 0.923. The fraction of sp³-hybridized carbons (Fsp3) is 0.375. The van der Waals surface area contributed by atoms with Gasteiger partial charge < -0.3 is 10.2 Å². The molecule has 8 nitrogen and oxygen atoms in total. The molecule has 0 heterocycles. The van der Waals surface area contributed by atoms with Gasteiger partial charge in [0.1, 0.15) is 12.6 Å². The molecule has 43 heavy (non-hydrogen) atoms. The van der Waals surface area contributed by atoms with Crippen LogP contribution < -0.4 is 9.62 Å². The maximum atomic E-state index is 14.4. The molecule has 0 aliphatic rings. The minimum Gasteiger partial charge on any atom is -0.352 e. The van der Waals surface area contributed by atoms with Gasteiger partial charge in [0.25, 0.3) is 0 Å². The number of carbonyl (C=O) groups is 2. The van der Waals surface area contributed by atoms with Crippen LogP contribution in [0.25, 0.3) is 0 Å². The Hall–Kier alpha value is -3.11. The lowest BCUT2D eigenvalue weighted by Crippen LogP contribution is -2.55. The molecule has 2 amide bonds. The smallest absolute Gasteiger partial charge is 0.304 e. The highest BCUT2D eigenvalue weighted by Gasteiger charge is 2.35. The molecule has 11 heteroatoms. The van der Waals surface area contributed by atoms with E-state index in [1.54, 1.807) is 31.2 Å². The lowest BCUT2D eigenvalue weighted by Gasteiger charge is -2.35. The van der Waals surface area contributed by atoms with Crippen molar-refractivity contribution < 1.29 is 18.0 Å². The highest BCUT2D eigenvalue weighted by Crippen LogP contribution is 2.27. The molecule has 0 aliphatic carbocycles. The van der Waals surface area contributed by atoms with Crippen molar-refractivity contribution in [1.29, 1.82) is 0 Å². The number of nitrogens with zero attached hydrogens (tertiary/aromatic N) is 3. The highest BCUT2D eigenvalue weighted by atomic mass is 35.5. The van der Waals surface area contributed by atoms with Crippen molar-refractivity contribution in [2.75, 3.05) is 24.9 Å². The minimum absolute atomic E-state index is 0.00377. The molecule has 0 aliphatic heterocycles. The largest absolute Gasteiger partial charge is 0.352 e. The van der Waals surface area contributed by atoms with Gasteiger partial charge in [-0.3, -0.25) is 9.59 Å². The van der Waals surface area contributed by atoms with Crippen molar-refractivity contribution in [2.45, 2.75) is 59.2 Å². The van der Waals surface area contributed by atoms with Gasteiger partial charge in [-0.2, -0.15) is 12.7 Å². The monoisotopic (exact) mass is 646 g/mol. The number of carbonyl (C=O) groups excluding carboxylic acids is 2. The van der Waals surface area contributed by atoms with Crippen molar-refractivity contribution in [3.05, 3.63) is 99.0 Å². The van der Waals surface area contributed by atoms with E-state index < -0.39 is 28.7 Å². The average molecular weight is 648 g/mol. The molecular weight excluding hydrogens is 607 g/mol. The van der Waals surface area contributed by atoms with Crippen LogP contribution in [-0.2, 0) is 32.8 Å². The fourth-order valence-corrected chi connectivity index (χ4v) is 5.95. The summed E-state index contributed by atoms with van der Waals surface area (Å²) in [6.45, 7) is 7.00. The van der Waals surface area contributed by atoms with E-state index in [2.05, 4.69) is 5.32 Å². The molecule has 0 spiro atoms. The molecule has 0 bridgehead atoms. The quantitative estimate of drug-likeness (QED) is 0.255. The Kier molecular flexibility index (Phi) is 12.0. The van der Waals surface area contributed by atoms with Crippen LogP contribution in [0.1, 0.15) is 42.5 Å². The Morgan fingerprint density at radius 2 is 1.58 bits per heavy atom. The predicted octanol–water partition coefficient (Wildman–Crippen LogP) is 5.78. The first kappa shape index (κ1) is 34.4. The number of aryl methyl sites for hydroxylation is 2. The van der Waals surface area contributed by atoms with Crippen LogP contribution in [0.2, 0.25) is 10.0 Å². The zero-order chi connectivity index (χ0) is 31.9. The molecule has 1 N–H and O–H groups in total. The Labute approximate surface area is 265 Å². The van der Waals surface area contributed by atoms with Crippen LogP contribution in [0.5, 0.6) is 0 Å². The molecule has 3 aromatic carbocycles. The number of halogens is 2. The van der Waals surface area contributed by atoms with Gasteiger partial charge in [0, 0.05) is 33.1 Å². The predicted molar refractivity (Wildman–Crippen MR) is 175 cm³/mol. The van der Waals surface area contributed by atoms with E-state index in [4.69, 9.17) is 23.2 Å². The van der Waals surface area contributed by atoms with Crippen molar-refractivity contribution in [3.8, 4) is 0 Å². The van der Waals surface area contributed by atoms with Crippen LogP contribution in [0, 0.1) is 13.8 Å². The topological polar surface area (TPSA) is 90.0 Å². The number of hydrogen-bond acceptors (Lipinski definition) is 4. The lowest BCUT2D eigenvalue weighted by atomic mass is 10.0. The zero-order valence-electron chi connectivity index (χ0n) is 25.5. The van der Waals surface area contributed by atoms with Gasteiger partial charge in [-0.05, 0) is 67.6 Å². The van der Waals surface area contributed by atoms with E-state index in [-0.39, 0.29) is 24.9 Å². The Bertz CT molecular complexity index is 1530. The van der Waals surface area contributed by atoms with E-state index in [1.165, 1.54) is 19.0 Å². The standard InChI is InChI=1S/C32H40Cl2N4O4S/c1-7-24(4)35-32(40)30(19-25-11-9-8-10-12-25)37(20-26-15-16-27(33)28(34)18-26)31(39)21-38(43(41,42)36(5)6)29-17-22(2)13-14-23(29)3/h8-18,24,30H,7,19-21H2,1-6H3,(H,35,40)/t24-,30-/m1/s1. The summed E-state index contributed by atoms with van der Waals surface area (Å²) in [5, 5.41) is 3.69. The maximum Gasteiger partial charge on any atom is 0.304 e. The van der Waals surface area contributed by atoms with E-state index >= 15 is 0 Å². The summed E-state index contributed by atoms with van der Waals surface area (Å²) in [7, 11) is -1.25. The number of hydrogen-bond donors (Lipinski definition) is 1. The summed E-state index contributed by atoms with van der Waals surface area (Å²) in [4.78, 5) is 29.7. The molecular formula is C32H40Cl2N4O4S. The van der Waals surface area contributed by atoms with Crippen LogP contribution in [-0.4, -0.2) is 62.2 Å². The van der Waals surface area contributed by atoms with E-state index in [0.717, 1.165) is 19.7 Å². The molecule has 0 saturated heterocycles. The van der Waals surface area contributed by atoms with Gasteiger partial charge in [0.2, 0.25) is 11.8 Å². The third kappa shape index (κ3) is 8.95. The van der Waals surface area contributed by atoms with Crippen LogP contribution in [0.15, 0.2) is 66.7 Å². The first-order valence-electron chi connectivity index (χ1n) is 14.1. The summed E-state index contributed by atoms with van der Waals surface area (Å²) >= 11 is 12.5. The molecule has 0 radical (unpaired) electrons. The first-order valence-corrected chi connectivity index (χ1v) is 16.2. The molecule has 3 aromatic rings. The second-order valence-corrected chi connectivity index (χ2v) is 13.8. The summed E-state index contributed by atoms with van der Waals surface area (Å²) in [5.74, 6) is -0.877. The molecule has 0 saturated carbocycles. The summed E-state index contributed by atoms with van der Waals surface area (Å²) < 4.78 is 29.5. The van der Waals surface area contributed by atoms with Crippen molar-refractivity contribution in [1.82, 2.24) is 14.5 Å². The van der Waals surface area contributed by atoms with Gasteiger partial charge in [-0.1, -0.05) is 78.7 Å². The van der Waals surface area contributed by atoms with Gasteiger partial charge >= 0.3 is 10.2 Å². The van der Waals surface area contributed by atoms with Crippen molar-refractivity contribution >= 4 is 50.9 Å². The maximum absolute atomic E-state index is 14.4. The minimum atomic E-state index is -4.09. The SMILES string of the molecule is CC[C@@H](C)NC(=O)[C@@H](Cc1ccccc1)N(Cc1ccc(Cl)c(Cl)c1)C(=O)CN(c1cc(C)ccc1C)S(=O)(=O)N(C)C. The van der Waals surface area contributed by atoms with Crippen molar-refractivity contribution in [3.63, 3.8) is 0 Å². The number of nitrogens with one attached hydrogen (secondary N) is 1. The van der Waals surface area contributed by atoms with Crippen LogP contribution in [0.4, 0.5) is 5.69 Å². The third-order valence-corrected chi connectivity index (χ3v) is 9.81. The molecule has 2 atom stereocenters. The Morgan fingerprint density at radius 3 is 2.19 bits per heavy atom. The Morgan fingerprint density at radius 1 is 0.907 bits per heavy atom. The molecule has 232 valence electrons. The molecule has 3 rings (SSSR count). The third-order valence-electron chi connectivity index (χ3n) is 7.26. The lowest BCUT2D eigenvalue weighted by molar-refractivity contribution is -0.140. The van der Waals surface area contributed by atoms with E-state index in [0.29, 0.717) is 33.3 Å². The van der Waals surface area contributed by atoms with Gasteiger partial charge in [0.15, 0.2) is 0 Å². The molecule has 0 unspecified atom stereocenters. The average Bonchev–Trinajstić information content (AvgIpc) is 2.96. The number of anilines is 1. The molecule has 0 aromatic heterocycles. The Balaban J connectivity index is 2.15. The summed E-state index contributed by atoms with van der Waals surface area (Å²) in [6, 6.07) is 18.8. The van der Waals surface area contributed by atoms with Crippen LogP contribution >= 0.6 is 23.2 Å². The second-order valence-electron chi connectivity index (χ2n) is 10.9. The fourth-order valence-electron chi connectivity index (χ4n) is 4.52. The van der Waals surface area contributed by atoms with E-state index in [9.17, 15) is 18.0 Å². The van der Waals surface area contributed by atoms with Gasteiger partial charge in [-0.25, -0.2) is 4.31 Å². The molecule has 0 fully saturated rings. The second kappa shape index (κ2) is 15.1. The van der Waals surface area contributed by atoms with Crippen molar-refractivity contribution in [2.24, 2.45) is 0 Å². The first-order chi connectivity index (χ1) is 20.2. The highest BCUT2D eigenvalue weighted by molar-refractivity contribution is 7.90. The van der Waals surface area contributed by atoms with E-state index in [1.807, 2.05) is 63.2 Å². The number of rotatable bonds is 13. The van der Waals surface area contributed by atoms with Gasteiger partial charge in [-0.15, -0.1) is 0 Å².